The van der Waals surface area contributed by atoms with Gasteiger partial charge in [-0.3, -0.25) is 4.57 Å². The summed E-state index contributed by atoms with van der Waals surface area (Å²) < 4.78 is 97.6. The number of hydrogen-bond donors (Lipinski definition) is 2. The lowest BCUT2D eigenvalue weighted by molar-refractivity contribution is -0.0521. The number of imidazole rings is 1. The molecule has 0 aliphatic heterocycles. The minimum Gasteiger partial charge on any atom is -0.432 e. The maximum atomic E-state index is 13.9. The summed E-state index contributed by atoms with van der Waals surface area (Å²) in [6, 6.07) is 4.10. The fourth-order valence-corrected chi connectivity index (χ4v) is 2.88. The monoisotopic (exact) mass is 473 g/mol. The standard InChI is InChI=1S/C18H10F7N7O/c19-7-4-10-11(5-8(7)20)32(14(28-10)13(22)23)18-30-16(26)29-17(31-18)27-6-1-2-12(9(21)3-6)33-15(24)25/h1-5,13,15H,(H3,26,27,29,30,31). The Morgan fingerprint density at radius 3 is 2.27 bits per heavy atom. The lowest BCUT2D eigenvalue weighted by Crippen LogP contribution is -2.12. The zero-order chi connectivity index (χ0) is 23.9. The molecule has 0 amide bonds. The SMILES string of the molecule is Nc1nc(Nc2ccc(OC(F)F)c(F)c2)nc(-n2c(C(F)F)nc3cc(F)c(F)cc32)n1. The fourth-order valence-electron chi connectivity index (χ4n) is 2.88. The van der Waals surface area contributed by atoms with Crippen LogP contribution in [-0.4, -0.2) is 31.1 Å². The molecule has 0 radical (unpaired) electrons. The Balaban J connectivity index is 1.77. The highest BCUT2D eigenvalue weighted by molar-refractivity contribution is 5.78. The van der Waals surface area contributed by atoms with E-state index in [1.807, 2.05) is 0 Å². The van der Waals surface area contributed by atoms with E-state index in [1.165, 1.54) is 0 Å². The summed E-state index contributed by atoms with van der Waals surface area (Å²) in [6.45, 7) is -3.24. The maximum Gasteiger partial charge on any atom is 0.387 e. The van der Waals surface area contributed by atoms with Crippen LogP contribution in [0.5, 0.6) is 5.75 Å². The van der Waals surface area contributed by atoms with Crippen LogP contribution in [0.1, 0.15) is 12.2 Å². The summed E-state index contributed by atoms with van der Waals surface area (Å²) in [5.74, 6) is -6.75. The van der Waals surface area contributed by atoms with Gasteiger partial charge in [0, 0.05) is 23.9 Å². The quantitative estimate of drug-likeness (QED) is 0.398. The molecule has 0 bridgehead atoms. The van der Waals surface area contributed by atoms with Crippen LogP contribution in [0.25, 0.3) is 17.0 Å². The molecule has 0 aliphatic rings. The van der Waals surface area contributed by atoms with Crippen molar-refractivity contribution in [2.45, 2.75) is 13.0 Å². The molecule has 0 fully saturated rings. The van der Waals surface area contributed by atoms with Crippen molar-refractivity contribution in [1.29, 1.82) is 0 Å². The number of alkyl halides is 4. The predicted octanol–water partition coefficient (Wildman–Crippen LogP) is 4.49. The number of halogens is 7. The third-order valence-corrected chi connectivity index (χ3v) is 4.16. The molecule has 0 saturated heterocycles. The molecule has 33 heavy (non-hydrogen) atoms. The van der Waals surface area contributed by atoms with Gasteiger partial charge in [-0.1, -0.05) is 0 Å². The summed E-state index contributed by atoms with van der Waals surface area (Å²) >= 11 is 0. The molecule has 0 saturated carbocycles. The van der Waals surface area contributed by atoms with Crippen molar-refractivity contribution >= 4 is 28.6 Å². The van der Waals surface area contributed by atoms with E-state index in [-0.39, 0.29) is 22.7 Å². The third kappa shape index (κ3) is 4.42. The zero-order valence-corrected chi connectivity index (χ0v) is 15.9. The smallest absolute Gasteiger partial charge is 0.387 e. The molecule has 0 atom stereocenters. The van der Waals surface area contributed by atoms with Crippen molar-refractivity contribution < 1.29 is 35.5 Å². The lowest BCUT2D eigenvalue weighted by Gasteiger charge is -2.11. The van der Waals surface area contributed by atoms with Gasteiger partial charge in [-0.2, -0.15) is 23.7 Å². The third-order valence-electron chi connectivity index (χ3n) is 4.16. The molecular formula is C18H10F7N7O. The van der Waals surface area contributed by atoms with Gasteiger partial charge < -0.3 is 15.8 Å². The van der Waals surface area contributed by atoms with E-state index in [4.69, 9.17) is 5.73 Å². The lowest BCUT2D eigenvalue weighted by atomic mass is 10.3. The average molecular weight is 473 g/mol. The van der Waals surface area contributed by atoms with Crippen molar-refractivity contribution in [1.82, 2.24) is 24.5 Å². The van der Waals surface area contributed by atoms with Crippen LogP contribution in [0, 0.1) is 17.5 Å². The van der Waals surface area contributed by atoms with Gasteiger partial charge in [-0.15, -0.1) is 0 Å². The molecule has 2 aromatic carbocycles. The van der Waals surface area contributed by atoms with Crippen molar-refractivity contribution in [2.75, 3.05) is 11.1 Å². The number of benzene rings is 2. The largest absolute Gasteiger partial charge is 0.432 e. The number of nitrogens with two attached hydrogens (primary N) is 1. The molecule has 0 aliphatic carbocycles. The van der Waals surface area contributed by atoms with Gasteiger partial charge in [0.2, 0.25) is 17.8 Å². The summed E-state index contributed by atoms with van der Waals surface area (Å²) in [7, 11) is 0. The maximum absolute atomic E-state index is 13.9. The van der Waals surface area contributed by atoms with E-state index in [2.05, 4.69) is 30.0 Å². The summed E-state index contributed by atoms with van der Waals surface area (Å²) in [4.78, 5) is 15.0. The number of rotatable bonds is 6. The Morgan fingerprint density at radius 1 is 0.879 bits per heavy atom. The molecule has 4 rings (SSSR count). The minimum atomic E-state index is -3.24. The number of hydrogen-bond acceptors (Lipinski definition) is 7. The summed E-state index contributed by atoms with van der Waals surface area (Å²) in [6.07, 6.45) is -3.19. The number of nitrogens with one attached hydrogen (secondary N) is 1. The fraction of sp³-hybridized carbons (Fsp3) is 0.111. The van der Waals surface area contributed by atoms with Crippen LogP contribution in [0.4, 0.5) is 48.3 Å². The van der Waals surface area contributed by atoms with Crippen LogP contribution in [0.15, 0.2) is 30.3 Å². The second-order valence-electron chi connectivity index (χ2n) is 6.33. The second kappa shape index (κ2) is 8.40. The Kier molecular flexibility index (Phi) is 5.61. The minimum absolute atomic E-state index is 0.0386. The van der Waals surface area contributed by atoms with E-state index in [0.29, 0.717) is 16.7 Å². The molecule has 4 aromatic rings. The second-order valence-corrected chi connectivity index (χ2v) is 6.33. The molecule has 0 spiro atoms. The van der Waals surface area contributed by atoms with Gasteiger partial charge in [-0.25, -0.2) is 26.9 Å². The van der Waals surface area contributed by atoms with Crippen LogP contribution in [-0.2, 0) is 0 Å². The van der Waals surface area contributed by atoms with Crippen LogP contribution in [0.3, 0.4) is 0 Å². The number of fused-ring (bicyclic) bond motifs is 1. The molecule has 0 unspecified atom stereocenters. The number of nitrogens with zero attached hydrogens (tertiary/aromatic N) is 5. The predicted molar refractivity (Wildman–Crippen MR) is 100 cm³/mol. The van der Waals surface area contributed by atoms with Crippen LogP contribution >= 0.6 is 0 Å². The van der Waals surface area contributed by atoms with Crippen molar-refractivity contribution in [3.63, 3.8) is 0 Å². The van der Waals surface area contributed by atoms with Gasteiger partial charge in [0.05, 0.1) is 11.0 Å². The Morgan fingerprint density at radius 2 is 1.61 bits per heavy atom. The van der Waals surface area contributed by atoms with Gasteiger partial charge in [0.15, 0.2) is 29.0 Å². The molecule has 172 valence electrons. The first-order chi connectivity index (χ1) is 15.6. The van der Waals surface area contributed by atoms with Gasteiger partial charge in [0.25, 0.3) is 6.43 Å². The van der Waals surface area contributed by atoms with E-state index in [0.717, 1.165) is 18.2 Å². The Bertz CT molecular complexity index is 1350. The van der Waals surface area contributed by atoms with Gasteiger partial charge >= 0.3 is 6.61 Å². The highest BCUT2D eigenvalue weighted by atomic mass is 19.3. The number of nitrogen functional groups attached to an aromatic ring is 1. The summed E-state index contributed by atoms with van der Waals surface area (Å²) in [5, 5.41) is 2.51. The topological polar surface area (TPSA) is 104 Å². The summed E-state index contributed by atoms with van der Waals surface area (Å²) in [5.41, 5.74) is 5.00. The zero-order valence-electron chi connectivity index (χ0n) is 15.9. The van der Waals surface area contributed by atoms with E-state index < -0.39 is 54.0 Å². The molecule has 15 heteroatoms. The van der Waals surface area contributed by atoms with Gasteiger partial charge in [0.1, 0.15) is 0 Å². The highest BCUT2D eigenvalue weighted by Gasteiger charge is 2.24. The normalized spacial score (nSPS) is 11.5. The van der Waals surface area contributed by atoms with Gasteiger partial charge in [-0.05, 0) is 12.1 Å². The first-order valence-electron chi connectivity index (χ1n) is 8.81. The molecule has 2 heterocycles. The first kappa shape index (κ1) is 22.0. The van der Waals surface area contributed by atoms with E-state index in [1.54, 1.807) is 0 Å². The Labute approximate surface area is 178 Å². The van der Waals surface area contributed by atoms with E-state index >= 15 is 0 Å². The molecule has 2 aromatic heterocycles. The van der Waals surface area contributed by atoms with E-state index in [9.17, 15) is 30.7 Å². The highest BCUT2D eigenvalue weighted by Crippen LogP contribution is 2.29. The Hall–Kier alpha value is -4.17. The number of ether oxygens (including phenoxy) is 1. The molecule has 3 N–H and O–H groups in total. The molecular weight excluding hydrogens is 463 g/mol. The van der Waals surface area contributed by atoms with Crippen molar-refractivity contribution in [2.24, 2.45) is 0 Å². The number of aromatic nitrogens is 5. The average Bonchev–Trinajstić information content (AvgIpc) is 3.08. The van der Waals surface area contributed by atoms with Crippen molar-refractivity contribution in [3.8, 4) is 11.7 Å². The first-order valence-corrected chi connectivity index (χ1v) is 8.81. The number of anilines is 3. The van der Waals surface area contributed by atoms with Crippen molar-refractivity contribution in [3.05, 3.63) is 53.6 Å². The van der Waals surface area contributed by atoms with Crippen LogP contribution in [0.2, 0.25) is 0 Å². The van der Waals surface area contributed by atoms with Crippen LogP contribution < -0.4 is 15.8 Å². The molecule has 8 nitrogen and oxygen atoms in total.